The van der Waals surface area contributed by atoms with Crippen molar-refractivity contribution in [1.29, 1.82) is 0 Å². The Kier molecular flexibility index (Phi) is 24.1. The molecule has 5 aromatic rings. The van der Waals surface area contributed by atoms with Crippen molar-refractivity contribution in [1.82, 2.24) is 20.3 Å². The number of carbonyl (C=O) groups is 6. The molecular formula is C56H67F3N8O20S2. The molecule has 4 unspecified atom stereocenters. The number of aliphatic hydroxyl groups is 9. The second-order valence-electron chi connectivity index (χ2n) is 21.7. The van der Waals surface area contributed by atoms with Crippen LogP contribution in [0, 0.1) is 29.3 Å². The SMILES string of the molecule is CC(NC(=O)C(CC(=O)[C@H](O)[C@H](O)[C@@H](O[C@@H]1O[C@H](CO)[C@H](O)[C@H](O)[C@H]1O)[C@H](O)CO)C(C)O)C(=O)CC(CC(N)=O)C(=O)Nc1ccc(COC(=O)Nc2nccc(-c3sc(C(C)(C)C)nc3-c3cccc(NS(=O)(=O)c4c(F)cccc4F)c3F)n2)cc1. The van der Waals surface area contributed by atoms with E-state index in [0.29, 0.717) is 10.6 Å². The molecule has 4 amide bonds. The molecule has 0 bridgehead atoms. The molecule has 1 aliphatic rings. The largest absolute Gasteiger partial charge is 0.444 e. The zero-order valence-corrected chi connectivity index (χ0v) is 49.7. The first-order valence-electron chi connectivity index (χ1n) is 27.1. The molecular weight excluding hydrogens is 1230 g/mol. The predicted octanol–water partition coefficient (Wildman–Crippen LogP) is 0.642. The number of aromatic nitrogens is 3. The molecule has 28 nitrogen and oxygen atoms in total. The molecule has 0 spiro atoms. The summed E-state index contributed by atoms with van der Waals surface area (Å²) < 4.78 is 89.3. The standard InChI is InChI=1S/C56H67F3N8O20S2/c1-24(62-51(81)30(25(2)70)20-36(72)42(75)45(78)47(37(73)21-68)87-52-46(79)44(77)43(76)38(22-69)86-52)35(71)18-27(19-39(60)74)50(80)63-28-14-12-26(13-15-28)23-85-55(82)66-54-61-17-16-34(64-54)48-41(65-53(88-48)56(3,4)5)29-8-6-11-33(40(29)59)67-89(83,84)49-31(57)9-7-10-32(49)58/h6-17,24-25,27,30,37-38,42-47,52,67-70,73,75-79H,18-23H2,1-5H3,(H2,60,74)(H,62,81)(H,63,80)(H,61,64,66,82)/t24?,25?,27?,30?,37-,38-,42+,43+,44+,45+,46-,47+,52+/m1/s1. The van der Waals surface area contributed by atoms with E-state index in [1.807, 2.05) is 25.5 Å². The first-order chi connectivity index (χ1) is 41.8. The molecule has 13 atom stereocenters. The number of carbonyl (C=O) groups excluding carboxylic acids is 6. The molecule has 2 aromatic heterocycles. The van der Waals surface area contributed by atoms with E-state index in [0.717, 1.165) is 42.5 Å². The van der Waals surface area contributed by atoms with Gasteiger partial charge in [-0.25, -0.2) is 41.3 Å². The average molecular weight is 1290 g/mol. The topological polar surface area (TPSA) is 459 Å². The van der Waals surface area contributed by atoms with Crippen LogP contribution in [0.4, 0.5) is 35.3 Å². The van der Waals surface area contributed by atoms with E-state index < -0.39 is 190 Å². The highest BCUT2D eigenvalue weighted by Gasteiger charge is 2.48. The Balaban J connectivity index is 1.04. The number of amides is 4. The summed E-state index contributed by atoms with van der Waals surface area (Å²) in [7, 11) is -4.97. The lowest BCUT2D eigenvalue weighted by Crippen LogP contribution is -2.61. The van der Waals surface area contributed by atoms with Crippen LogP contribution in [0.15, 0.2) is 77.8 Å². The fourth-order valence-corrected chi connectivity index (χ4v) is 11.1. The predicted molar refractivity (Wildman–Crippen MR) is 306 cm³/mol. The van der Waals surface area contributed by atoms with Crippen LogP contribution >= 0.6 is 11.3 Å². The van der Waals surface area contributed by atoms with E-state index in [2.05, 4.69) is 30.9 Å². The second kappa shape index (κ2) is 30.3. The maximum atomic E-state index is 16.4. The second-order valence-corrected chi connectivity index (χ2v) is 24.3. The van der Waals surface area contributed by atoms with Gasteiger partial charge in [0.25, 0.3) is 10.0 Å². The number of thiazole rings is 1. The number of primary amides is 1. The zero-order valence-electron chi connectivity index (χ0n) is 48.1. The van der Waals surface area contributed by atoms with Gasteiger partial charge in [0.1, 0.15) is 67.1 Å². The van der Waals surface area contributed by atoms with Crippen LogP contribution in [0.25, 0.3) is 21.8 Å². The van der Waals surface area contributed by atoms with Crippen LogP contribution in [-0.4, -0.2) is 185 Å². The number of hydrogen-bond acceptors (Lipinski definition) is 24. The molecule has 3 heterocycles. The first-order valence-corrected chi connectivity index (χ1v) is 29.4. The van der Waals surface area contributed by atoms with Gasteiger partial charge in [0.15, 0.2) is 28.6 Å². The van der Waals surface area contributed by atoms with Gasteiger partial charge in [-0.05, 0) is 61.9 Å². The lowest BCUT2D eigenvalue weighted by Gasteiger charge is -2.42. The van der Waals surface area contributed by atoms with Crippen LogP contribution in [0.5, 0.6) is 0 Å². The number of ketones is 2. The highest BCUT2D eigenvalue weighted by Crippen LogP contribution is 2.42. The number of anilines is 3. The minimum atomic E-state index is -4.97. The van der Waals surface area contributed by atoms with Crippen molar-refractivity contribution in [3.8, 4) is 21.8 Å². The molecule has 6 rings (SSSR count). The normalized spacial score (nSPS) is 19.7. The lowest BCUT2D eigenvalue weighted by atomic mass is 9.90. The molecule has 1 fully saturated rings. The number of sulfonamides is 1. The number of aliphatic hydroxyl groups excluding tert-OH is 9. The number of hydrogen-bond donors (Lipinski definition) is 14. The summed E-state index contributed by atoms with van der Waals surface area (Å²) in [6.07, 6.45) is -22.4. The average Bonchev–Trinajstić information content (AvgIpc) is 1.81. The molecule has 15 N–H and O–H groups in total. The fourth-order valence-electron chi connectivity index (χ4n) is 8.82. The summed E-state index contributed by atoms with van der Waals surface area (Å²) in [5.41, 5.74) is 4.65. The number of Topliss-reactive ketones (excluding diaryl/α,β-unsaturated/α-hetero) is 2. The number of nitrogens with one attached hydrogen (secondary N) is 4. The van der Waals surface area contributed by atoms with Crippen molar-refractivity contribution < 1.29 is 111 Å². The summed E-state index contributed by atoms with van der Waals surface area (Å²) in [5.74, 6) is -12.4. The van der Waals surface area contributed by atoms with Gasteiger partial charge in [0, 0.05) is 42.1 Å². The fraction of sp³-hybridized carbons (Fsp3) is 0.446. The van der Waals surface area contributed by atoms with Gasteiger partial charge in [0.2, 0.25) is 23.7 Å². The Morgan fingerprint density at radius 2 is 1.46 bits per heavy atom. The molecule has 1 aliphatic heterocycles. The number of nitrogens with two attached hydrogens (primary N) is 1. The molecule has 33 heteroatoms. The minimum absolute atomic E-state index is 0.0119. The summed E-state index contributed by atoms with van der Waals surface area (Å²) in [6, 6.07) is 11.8. The van der Waals surface area contributed by atoms with E-state index in [4.69, 9.17) is 19.9 Å². The summed E-state index contributed by atoms with van der Waals surface area (Å²) in [6.45, 7) is 5.39. The first kappa shape index (κ1) is 70.6. The van der Waals surface area contributed by atoms with Crippen LogP contribution in [0.3, 0.4) is 0 Å². The van der Waals surface area contributed by atoms with Crippen LogP contribution in [-0.2, 0) is 60.2 Å². The third-order valence-corrected chi connectivity index (χ3v) is 16.7. The van der Waals surface area contributed by atoms with E-state index >= 15 is 4.39 Å². The molecule has 1 saturated heterocycles. The molecule has 89 heavy (non-hydrogen) atoms. The molecule has 3 aromatic carbocycles. The summed E-state index contributed by atoms with van der Waals surface area (Å²) >= 11 is 1.12. The van der Waals surface area contributed by atoms with Crippen LogP contribution < -0.4 is 26.4 Å². The Hall–Kier alpha value is -7.51. The van der Waals surface area contributed by atoms with Gasteiger partial charge in [-0.15, -0.1) is 11.3 Å². The van der Waals surface area contributed by atoms with E-state index in [1.54, 1.807) is 0 Å². The van der Waals surface area contributed by atoms with Crippen molar-refractivity contribution in [2.75, 3.05) is 28.6 Å². The maximum absolute atomic E-state index is 16.4. The third kappa shape index (κ3) is 17.9. The van der Waals surface area contributed by atoms with E-state index in [9.17, 15) is 91.9 Å². The molecule has 0 aliphatic carbocycles. The Bertz CT molecular complexity index is 3450. The Morgan fingerprint density at radius 1 is 0.809 bits per heavy atom. The van der Waals surface area contributed by atoms with Crippen LogP contribution in [0.2, 0.25) is 0 Å². The van der Waals surface area contributed by atoms with E-state index in [-0.39, 0.29) is 40.1 Å². The summed E-state index contributed by atoms with van der Waals surface area (Å²) in [5, 5.41) is 100. The van der Waals surface area contributed by atoms with E-state index in [1.165, 1.54) is 55.6 Å². The number of ether oxygens (including phenoxy) is 3. The van der Waals surface area contributed by atoms with Gasteiger partial charge < -0.3 is 76.5 Å². The Morgan fingerprint density at radius 3 is 2.07 bits per heavy atom. The van der Waals surface area contributed by atoms with Crippen molar-refractivity contribution in [3.05, 3.63) is 101 Å². The quantitative estimate of drug-likeness (QED) is 0.0327. The Labute approximate surface area is 510 Å². The highest BCUT2D eigenvalue weighted by atomic mass is 32.2. The molecule has 484 valence electrons. The van der Waals surface area contributed by atoms with Gasteiger partial charge in [-0.2, -0.15) is 0 Å². The molecule has 0 saturated carbocycles. The zero-order chi connectivity index (χ0) is 66.0. The van der Waals surface area contributed by atoms with Crippen molar-refractivity contribution in [2.45, 2.75) is 138 Å². The minimum Gasteiger partial charge on any atom is -0.444 e. The monoisotopic (exact) mass is 1290 g/mol. The summed E-state index contributed by atoms with van der Waals surface area (Å²) in [4.78, 5) is 90.9. The maximum Gasteiger partial charge on any atom is 0.414 e. The van der Waals surface area contributed by atoms with Crippen molar-refractivity contribution >= 4 is 74.1 Å². The number of benzene rings is 3. The number of nitrogens with zero attached hydrogens (tertiary/aromatic N) is 3. The number of rotatable bonds is 28. The van der Waals surface area contributed by atoms with Crippen molar-refractivity contribution in [2.24, 2.45) is 17.6 Å². The van der Waals surface area contributed by atoms with Crippen molar-refractivity contribution in [3.63, 3.8) is 0 Å². The van der Waals surface area contributed by atoms with Gasteiger partial charge in [-0.1, -0.05) is 45.0 Å². The van der Waals surface area contributed by atoms with Gasteiger partial charge >= 0.3 is 6.09 Å². The highest BCUT2D eigenvalue weighted by molar-refractivity contribution is 7.92. The lowest BCUT2D eigenvalue weighted by molar-refractivity contribution is -0.326. The third-order valence-electron chi connectivity index (χ3n) is 13.8. The van der Waals surface area contributed by atoms with Gasteiger partial charge in [-0.3, -0.25) is 34.0 Å². The molecule has 0 radical (unpaired) electrons. The smallest absolute Gasteiger partial charge is 0.414 e. The number of halogens is 3. The van der Waals surface area contributed by atoms with Gasteiger partial charge in [0.05, 0.1) is 64.2 Å². The van der Waals surface area contributed by atoms with Crippen LogP contribution in [0.1, 0.15) is 64.5 Å².